The molecule has 4 rings (SSSR count). The third kappa shape index (κ3) is 3.05. The summed E-state index contributed by atoms with van der Waals surface area (Å²) in [6, 6.07) is 9.43. The van der Waals surface area contributed by atoms with Crippen LogP contribution in [0.1, 0.15) is 35.4 Å². The zero-order chi connectivity index (χ0) is 17.2. The van der Waals surface area contributed by atoms with Gasteiger partial charge in [-0.3, -0.25) is 4.79 Å². The Kier molecular flexibility index (Phi) is 4.05. The molecule has 2 aromatic heterocycles. The number of amides is 1. The van der Waals surface area contributed by atoms with Gasteiger partial charge in [-0.25, -0.2) is 4.68 Å². The Balaban J connectivity index is 1.44. The van der Waals surface area contributed by atoms with Crippen LogP contribution in [0.2, 0.25) is 0 Å². The summed E-state index contributed by atoms with van der Waals surface area (Å²) in [4.78, 5) is 12.5. The average Bonchev–Trinajstić information content (AvgIpc) is 3.31. The average molecular weight is 336 g/mol. The SMILES string of the molecule is CCc1nnc2n1C[C@H](NC(=O)c1ccc(-n3cccn3)cc1)CC2. The fourth-order valence-corrected chi connectivity index (χ4v) is 3.22. The van der Waals surface area contributed by atoms with E-state index in [0.29, 0.717) is 5.56 Å². The summed E-state index contributed by atoms with van der Waals surface area (Å²) in [6.07, 6.45) is 6.18. The van der Waals surface area contributed by atoms with Crippen molar-refractivity contribution in [1.29, 1.82) is 0 Å². The maximum atomic E-state index is 12.5. The maximum Gasteiger partial charge on any atom is 0.251 e. The van der Waals surface area contributed by atoms with Crippen LogP contribution in [-0.4, -0.2) is 36.5 Å². The highest BCUT2D eigenvalue weighted by Crippen LogP contribution is 2.16. The summed E-state index contributed by atoms with van der Waals surface area (Å²) < 4.78 is 3.90. The third-order valence-corrected chi connectivity index (χ3v) is 4.57. The Labute approximate surface area is 145 Å². The molecule has 0 aliphatic carbocycles. The van der Waals surface area contributed by atoms with Gasteiger partial charge in [0.1, 0.15) is 11.6 Å². The summed E-state index contributed by atoms with van der Waals surface area (Å²) >= 11 is 0. The Morgan fingerprint density at radius 2 is 2.12 bits per heavy atom. The molecule has 1 aromatic carbocycles. The van der Waals surface area contributed by atoms with E-state index < -0.39 is 0 Å². The monoisotopic (exact) mass is 336 g/mol. The molecule has 3 heterocycles. The number of carbonyl (C=O) groups is 1. The third-order valence-electron chi connectivity index (χ3n) is 4.57. The van der Waals surface area contributed by atoms with E-state index in [4.69, 9.17) is 0 Å². The van der Waals surface area contributed by atoms with Gasteiger partial charge >= 0.3 is 0 Å². The number of hydrogen-bond acceptors (Lipinski definition) is 4. The van der Waals surface area contributed by atoms with E-state index in [0.717, 1.165) is 43.1 Å². The summed E-state index contributed by atoms with van der Waals surface area (Å²) in [5, 5.41) is 15.8. The topological polar surface area (TPSA) is 77.6 Å². The molecule has 1 amide bonds. The second kappa shape index (κ2) is 6.51. The molecule has 3 aromatic rings. The second-order valence-electron chi connectivity index (χ2n) is 6.20. The Bertz CT molecular complexity index is 852. The molecule has 1 aliphatic rings. The van der Waals surface area contributed by atoms with E-state index in [1.54, 1.807) is 10.9 Å². The first kappa shape index (κ1) is 15.6. The van der Waals surface area contributed by atoms with Gasteiger partial charge < -0.3 is 9.88 Å². The molecule has 1 atom stereocenters. The van der Waals surface area contributed by atoms with Crippen molar-refractivity contribution in [2.45, 2.75) is 38.8 Å². The van der Waals surface area contributed by atoms with Crippen molar-refractivity contribution in [1.82, 2.24) is 29.9 Å². The van der Waals surface area contributed by atoms with Gasteiger partial charge in [0.2, 0.25) is 0 Å². The van der Waals surface area contributed by atoms with Crippen molar-refractivity contribution in [2.75, 3.05) is 0 Å². The highest BCUT2D eigenvalue weighted by Gasteiger charge is 2.23. The second-order valence-corrected chi connectivity index (χ2v) is 6.20. The first-order valence-electron chi connectivity index (χ1n) is 8.56. The van der Waals surface area contributed by atoms with Crippen molar-refractivity contribution in [3.63, 3.8) is 0 Å². The van der Waals surface area contributed by atoms with Crippen molar-refractivity contribution in [2.24, 2.45) is 0 Å². The van der Waals surface area contributed by atoms with Crippen LogP contribution in [0.5, 0.6) is 0 Å². The van der Waals surface area contributed by atoms with Crippen LogP contribution in [-0.2, 0) is 19.4 Å². The molecule has 1 N–H and O–H groups in total. The largest absolute Gasteiger partial charge is 0.347 e. The lowest BCUT2D eigenvalue weighted by Gasteiger charge is -2.25. The minimum Gasteiger partial charge on any atom is -0.347 e. The normalized spacial score (nSPS) is 16.4. The van der Waals surface area contributed by atoms with E-state index in [9.17, 15) is 4.79 Å². The van der Waals surface area contributed by atoms with E-state index in [2.05, 4.69) is 32.1 Å². The first-order valence-corrected chi connectivity index (χ1v) is 8.56. The summed E-state index contributed by atoms with van der Waals surface area (Å²) in [6.45, 7) is 2.81. The van der Waals surface area contributed by atoms with Gasteiger partial charge in [0.15, 0.2) is 0 Å². The van der Waals surface area contributed by atoms with Crippen LogP contribution >= 0.6 is 0 Å². The maximum absolute atomic E-state index is 12.5. The van der Waals surface area contributed by atoms with Gasteiger partial charge in [0.25, 0.3) is 5.91 Å². The molecule has 0 radical (unpaired) electrons. The Morgan fingerprint density at radius 3 is 2.84 bits per heavy atom. The van der Waals surface area contributed by atoms with Crippen LogP contribution in [0.15, 0.2) is 42.7 Å². The van der Waals surface area contributed by atoms with Crippen molar-refractivity contribution >= 4 is 5.91 Å². The lowest BCUT2D eigenvalue weighted by atomic mass is 10.1. The Morgan fingerprint density at radius 1 is 1.28 bits per heavy atom. The van der Waals surface area contributed by atoms with Crippen molar-refractivity contribution in [3.05, 3.63) is 59.9 Å². The minimum absolute atomic E-state index is 0.0495. The molecule has 128 valence electrons. The van der Waals surface area contributed by atoms with Crippen molar-refractivity contribution in [3.8, 4) is 5.69 Å². The molecule has 0 spiro atoms. The molecule has 0 unspecified atom stereocenters. The lowest BCUT2D eigenvalue weighted by molar-refractivity contribution is 0.0927. The molecular formula is C18H20N6O. The number of aromatic nitrogens is 5. The van der Waals surface area contributed by atoms with E-state index in [1.165, 1.54) is 0 Å². The number of aryl methyl sites for hydroxylation is 2. The van der Waals surface area contributed by atoms with Gasteiger partial charge in [0.05, 0.1) is 5.69 Å². The number of fused-ring (bicyclic) bond motifs is 1. The smallest absolute Gasteiger partial charge is 0.251 e. The highest BCUT2D eigenvalue weighted by molar-refractivity contribution is 5.94. The van der Waals surface area contributed by atoms with E-state index in [-0.39, 0.29) is 11.9 Å². The lowest BCUT2D eigenvalue weighted by Crippen LogP contribution is -2.41. The number of benzene rings is 1. The summed E-state index contributed by atoms with van der Waals surface area (Å²) in [5.74, 6) is 1.95. The summed E-state index contributed by atoms with van der Waals surface area (Å²) in [5.41, 5.74) is 1.59. The molecule has 0 saturated carbocycles. The van der Waals surface area contributed by atoms with Crippen LogP contribution in [0.3, 0.4) is 0 Å². The van der Waals surface area contributed by atoms with E-state index in [1.807, 2.05) is 36.5 Å². The minimum atomic E-state index is -0.0495. The highest BCUT2D eigenvalue weighted by atomic mass is 16.1. The fourth-order valence-electron chi connectivity index (χ4n) is 3.22. The molecule has 0 saturated heterocycles. The number of nitrogens with one attached hydrogen (secondary N) is 1. The zero-order valence-electron chi connectivity index (χ0n) is 14.1. The van der Waals surface area contributed by atoms with Crippen molar-refractivity contribution < 1.29 is 4.79 Å². The molecule has 7 nitrogen and oxygen atoms in total. The van der Waals surface area contributed by atoms with Gasteiger partial charge in [-0.2, -0.15) is 5.10 Å². The van der Waals surface area contributed by atoms with E-state index >= 15 is 0 Å². The predicted octanol–water partition coefficient (Wildman–Crippen LogP) is 1.77. The molecule has 1 aliphatic heterocycles. The van der Waals surface area contributed by atoms with Crippen LogP contribution in [0.4, 0.5) is 0 Å². The molecule has 25 heavy (non-hydrogen) atoms. The standard InChI is InChI=1S/C18H20N6O/c1-2-16-21-22-17-9-6-14(12-23(16)17)20-18(25)13-4-7-15(8-5-13)24-11-3-10-19-24/h3-5,7-8,10-11,14H,2,6,9,12H2,1H3,(H,20,25)/t14-/m1/s1. The van der Waals surface area contributed by atoms with Gasteiger partial charge in [0, 0.05) is 43.4 Å². The molecule has 0 fully saturated rings. The van der Waals surface area contributed by atoms with Gasteiger partial charge in [-0.05, 0) is 36.8 Å². The van der Waals surface area contributed by atoms with Crippen LogP contribution in [0, 0.1) is 0 Å². The van der Waals surface area contributed by atoms with Crippen LogP contribution < -0.4 is 5.32 Å². The van der Waals surface area contributed by atoms with Gasteiger partial charge in [-0.1, -0.05) is 6.92 Å². The molecule has 7 heteroatoms. The first-order chi connectivity index (χ1) is 12.2. The van der Waals surface area contributed by atoms with Crippen LogP contribution in [0.25, 0.3) is 5.69 Å². The predicted molar refractivity (Wildman–Crippen MR) is 92.5 cm³/mol. The molecule has 0 bridgehead atoms. The number of carbonyl (C=O) groups excluding carboxylic acids is 1. The Hall–Kier alpha value is -2.96. The number of rotatable bonds is 4. The quantitative estimate of drug-likeness (QED) is 0.788. The summed E-state index contributed by atoms with van der Waals surface area (Å²) in [7, 11) is 0. The molecular weight excluding hydrogens is 316 g/mol. The number of hydrogen-bond donors (Lipinski definition) is 1. The number of nitrogens with zero attached hydrogens (tertiary/aromatic N) is 5. The van der Waals surface area contributed by atoms with Gasteiger partial charge in [-0.15, -0.1) is 10.2 Å². The zero-order valence-corrected chi connectivity index (χ0v) is 14.1. The fraction of sp³-hybridized carbons (Fsp3) is 0.333.